The van der Waals surface area contributed by atoms with Gasteiger partial charge in [0.2, 0.25) is 11.2 Å². The molecule has 5 heteroatoms. The molecule has 126 valence electrons. The molecule has 1 aromatic heterocycles. The van der Waals surface area contributed by atoms with Gasteiger partial charge in [-0.3, -0.25) is 9.80 Å². The fourth-order valence-corrected chi connectivity index (χ4v) is 2.80. The van der Waals surface area contributed by atoms with Crippen molar-refractivity contribution in [3.05, 3.63) is 40.9 Å². The second kappa shape index (κ2) is 8.22. The molecular formula is C18H28N4O. The maximum atomic E-state index is 12.9. The van der Waals surface area contributed by atoms with Crippen LogP contribution in [0.3, 0.4) is 0 Å². The van der Waals surface area contributed by atoms with E-state index in [1.807, 2.05) is 24.3 Å². The SMILES string of the molecule is CCN(CC)Cc1nc2ccccc2[n+]([O-])c1CN(CC)CC. The summed E-state index contributed by atoms with van der Waals surface area (Å²) < 4.78 is 1.08. The number of hydrogen-bond donors (Lipinski definition) is 0. The molecule has 0 saturated heterocycles. The summed E-state index contributed by atoms with van der Waals surface area (Å²) in [5.74, 6) is 0. The number of para-hydroxylation sites is 2. The third-order valence-electron chi connectivity index (χ3n) is 4.47. The van der Waals surface area contributed by atoms with Crippen molar-refractivity contribution in [2.75, 3.05) is 26.2 Å². The van der Waals surface area contributed by atoms with Crippen LogP contribution < -0.4 is 4.73 Å². The lowest BCUT2D eigenvalue weighted by Gasteiger charge is -2.22. The van der Waals surface area contributed by atoms with Crippen LogP contribution in [0.4, 0.5) is 0 Å². The molecule has 0 unspecified atom stereocenters. The standard InChI is InChI=1S/C18H28N4O/c1-5-20(6-2)13-16-18(14-21(7-3)8-4)22(23)17-12-10-9-11-15(17)19-16/h9-12H,5-8,13-14H2,1-4H3. The van der Waals surface area contributed by atoms with Crippen LogP contribution in [-0.2, 0) is 13.1 Å². The number of rotatable bonds is 8. The lowest BCUT2D eigenvalue weighted by atomic mass is 10.2. The summed E-state index contributed by atoms with van der Waals surface area (Å²) in [6.07, 6.45) is 0. The summed E-state index contributed by atoms with van der Waals surface area (Å²) >= 11 is 0. The van der Waals surface area contributed by atoms with E-state index in [4.69, 9.17) is 4.98 Å². The summed E-state index contributed by atoms with van der Waals surface area (Å²) in [7, 11) is 0. The van der Waals surface area contributed by atoms with Crippen LogP contribution >= 0.6 is 0 Å². The van der Waals surface area contributed by atoms with Gasteiger partial charge in [0.25, 0.3) is 0 Å². The van der Waals surface area contributed by atoms with Gasteiger partial charge in [-0.05, 0) is 32.2 Å². The monoisotopic (exact) mass is 316 g/mol. The molecule has 0 aliphatic rings. The highest BCUT2D eigenvalue weighted by Gasteiger charge is 2.21. The number of benzene rings is 1. The highest BCUT2D eigenvalue weighted by molar-refractivity contribution is 5.70. The molecule has 2 aromatic rings. The Morgan fingerprint density at radius 1 is 0.913 bits per heavy atom. The maximum Gasteiger partial charge on any atom is 0.242 e. The van der Waals surface area contributed by atoms with E-state index in [2.05, 4.69) is 37.5 Å². The zero-order chi connectivity index (χ0) is 16.8. The van der Waals surface area contributed by atoms with Crippen molar-refractivity contribution < 1.29 is 4.73 Å². The molecule has 1 aromatic carbocycles. The van der Waals surface area contributed by atoms with Crippen LogP contribution in [0.15, 0.2) is 24.3 Å². The Morgan fingerprint density at radius 2 is 1.48 bits per heavy atom. The van der Waals surface area contributed by atoms with Gasteiger partial charge in [-0.2, -0.15) is 4.73 Å². The first-order chi connectivity index (χ1) is 11.1. The molecule has 0 amide bonds. The molecule has 23 heavy (non-hydrogen) atoms. The van der Waals surface area contributed by atoms with E-state index in [1.54, 1.807) is 0 Å². The molecule has 5 nitrogen and oxygen atoms in total. The molecule has 2 rings (SSSR count). The van der Waals surface area contributed by atoms with Crippen LogP contribution in [0, 0.1) is 5.21 Å². The molecule has 0 N–H and O–H groups in total. The average molecular weight is 316 g/mol. The van der Waals surface area contributed by atoms with Gasteiger partial charge in [-0.1, -0.05) is 39.8 Å². The van der Waals surface area contributed by atoms with E-state index in [9.17, 15) is 5.21 Å². The van der Waals surface area contributed by atoms with E-state index in [-0.39, 0.29) is 0 Å². The van der Waals surface area contributed by atoms with Gasteiger partial charge in [0.05, 0.1) is 6.54 Å². The topological polar surface area (TPSA) is 46.3 Å². The smallest absolute Gasteiger partial charge is 0.242 e. The summed E-state index contributed by atoms with van der Waals surface area (Å²) in [5, 5.41) is 12.9. The first-order valence-electron chi connectivity index (χ1n) is 8.59. The van der Waals surface area contributed by atoms with Gasteiger partial charge in [0.15, 0.2) is 0 Å². The Labute approximate surface area is 139 Å². The molecule has 0 aliphatic heterocycles. The predicted octanol–water partition coefficient (Wildman–Crippen LogP) is 2.55. The molecule has 0 radical (unpaired) electrons. The van der Waals surface area contributed by atoms with Gasteiger partial charge >= 0.3 is 0 Å². The van der Waals surface area contributed by atoms with E-state index in [0.717, 1.165) is 54.4 Å². The van der Waals surface area contributed by atoms with Gasteiger partial charge in [0.1, 0.15) is 11.2 Å². The van der Waals surface area contributed by atoms with E-state index in [0.29, 0.717) is 12.1 Å². The zero-order valence-corrected chi connectivity index (χ0v) is 14.7. The molecule has 1 heterocycles. The van der Waals surface area contributed by atoms with Crippen molar-refractivity contribution in [2.45, 2.75) is 40.8 Å². The minimum absolute atomic E-state index is 0.644. The Morgan fingerprint density at radius 3 is 2.09 bits per heavy atom. The van der Waals surface area contributed by atoms with Crippen LogP contribution in [0.5, 0.6) is 0 Å². The molecular weight excluding hydrogens is 288 g/mol. The first-order valence-corrected chi connectivity index (χ1v) is 8.59. The van der Waals surface area contributed by atoms with Gasteiger partial charge in [-0.15, -0.1) is 0 Å². The van der Waals surface area contributed by atoms with E-state index >= 15 is 0 Å². The Kier molecular flexibility index (Phi) is 6.30. The second-order valence-corrected chi connectivity index (χ2v) is 5.71. The number of nitrogens with zero attached hydrogens (tertiary/aromatic N) is 4. The molecule has 0 atom stereocenters. The highest BCUT2D eigenvalue weighted by Crippen LogP contribution is 2.15. The Balaban J connectivity index is 2.51. The van der Waals surface area contributed by atoms with Gasteiger partial charge < -0.3 is 5.21 Å². The van der Waals surface area contributed by atoms with Crippen LogP contribution in [0.2, 0.25) is 0 Å². The number of aromatic nitrogens is 2. The van der Waals surface area contributed by atoms with Crippen LogP contribution in [0.25, 0.3) is 11.0 Å². The lowest BCUT2D eigenvalue weighted by Crippen LogP contribution is -2.40. The summed E-state index contributed by atoms with van der Waals surface area (Å²) in [6, 6.07) is 7.59. The van der Waals surface area contributed by atoms with Crippen molar-refractivity contribution in [2.24, 2.45) is 0 Å². The van der Waals surface area contributed by atoms with Crippen molar-refractivity contribution in [1.82, 2.24) is 14.8 Å². The minimum atomic E-state index is 0.644. The molecule has 0 fully saturated rings. The average Bonchev–Trinajstić information content (AvgIpc) is 2.59. The Hall–Kier alpha value is -1.72. The van der Waals surface area contributed by atoms with E-state index in [1.165, 1.54) is 0 Å². The lowest BCUT2D eigenvalue weighted by molar-refractivity contribution is -0.588. The summed E-state index contributed by atoms with van der Waals surface area (Å²) in [5.41, 5.74) is 3.10. The maximum absolute atomic E-state index is 12.9. The second-order valence-electron chi connectivity index (χ2n) is 5.71. The fourth-order valence-electron chi connectivity index (χ4n) is 2.80. The fraction of sp³-hybridized carbons (Fsp3) is 0.556. The Bertz CT molecular complexity index is 636. The van der Waals surface area contributed by atoms with E-state index < -0.39 is 0 Å². The molecule has 0 aliphatic carbocycles. The van der Waals surface area contributed by atoms with Crippen LogP contribution in [-0.4, -0.2) is 41.0 Å². The predicted molar refractivity (Wildman–Crippen MR) is 94.0 cm³/mol. The van der Waals surface area contributed by atoms with Gasteiger partial charge in [-0.25, -0.2) is 4.98 Å². The normalized spacial score (nSPS) is 11.7. The summed E-state index contributed by atoms with van der Waals surface area (Å²) in [6.45, 7) is 13.6. The first kappa shape index (κ1) is 17.6. The van der Waals surface area contributed by atoms with Crippen molar-refractivity contribution in [1.29, 1.82) is 0 Å². The van der Waals surface area contributed by atoms with Crippen molar-refractivity contribution in [3.63, 3.8) is 0 Å². The molecule has 0 bridgehead atoms. The number of hydrogen-bond acceptors (Lipinski definition) is 4. The zero-order valence-electron chi connectivity index (χ0n) is 14.7. The summed E-state index contributed by atoms with van der Waals surface area (Å²) in [4.78, 5) is 9.35. The molecule has 0 saturated carbocycles. The van der Waals surface area contributed by atoms with Crippen molar-refractivity contribution in [3.8, 4) is 0 Å². The number of fused-ring (bicyclic) bond motifs is 1. The largest absolute Gasteiger partial charge is 0.618 e. The molecule has 0 spiro atoms. The van der Waals surface area contributed by atoms with Crippen LogP contribution in [0.1, 0.15) is 39.1 Å². The minimum Gasteiger partial charge on any atom is -0.618 e. The van der Waals surface area contributed by atoms with Gasteiger partial charge in [0, 0.05) is 12.6 Å². The van der Waals surface area contributed by atoms with Crippen molar-refractivity contribution >= 4 is 11.0 Å². The quantitative estimate of drug-likeness (QED) is 0.555. The third-order valence-corrected chi connectivity index (χ3v) is 4.47. The third kappa shape index (κ3) is 3.98. The highest BCUT2D eigenvalue weighted by atomic mass is 16.5.